The molecule has 0 N–H and O–H groups in total. The summed E-state index contributed by atoms with van der Waals surface area (Å²) in [6.45, 7) is 0.916. The molecule has 1 amide bonds. The molecule has 2 heterocycles. The minimum absolute atomic E-state index is 0.0880. The average molecular weight is 370 g/mol. The minimum atomic E-state index is -3.17. The van der Waals surface area contributed by atoms with E-state index in [1.165, 1.54) is 43.4 Å². The Morgan fingerprint density at radius 3 is 2.67 bits per heavy atom. The summed E-state index contributed by atoms with van der Waals surface area (Å²) < 4.78 is 25.1. The number of thiophene rings is 1. The van der Waals surface area contributed by atoms with Crippen LogP contribution in [0.4, 0.5) is 0 Å². The van der Waals surface area contributed by atoms with E-state index in [-0.39, 0.29) is 11.7 Å². The van der Waals surface area contributed by atoms with Crippen LogP contribution in [-0.2, 0) is 14.6 Å². The summed E-state index contributed by atoms with van der Waals surface area (Å²) in [5.41, 5.74) is 0. The van der Waals surface area contributed by atoms with E-state index in [0.717, 1.165) is 11.3 Å². The molecule has 4 nitrogen and oxygen atoms in total. The van der Waals surface area contributed by atoms with Crippen LogP contribution in [0, 0.1) is 5.92 Å². The molecule has 0 spiro atoms. The van der Waals surface area contributed by atoms with Crippen molar-refractivity contribution in [2.24, 2.45) is 5.92 Å². The summed E-state index contributed by atoms with van der Waals surface area (Å²) in [5, 5.41) is 1.48. The first-order valence-electron chi connectivity index (χ1n) is 9.09. The lowest BCUT2D eigenvalue weighted by Gasteiger charge is -2.24. The van der Waals surface area contributed by atoms with E-state index in [2.05, 4.69) is 0 Å². The molecule has 2 fully saturated rings. The first kappa shape index (κ1) is 17.9. The standard InChI is InChI=1S/C18H27NO3S2/c20-18(9-8-15-5-2-1-3-6-15)19-11-10-17(16-7-4-13-23-16)24(21,22)14-12-19/h4,7,13,15,17H,1-3,5-6,8-12,14H2. The Labute approximate surface area is 149 Å². The number of nitrogens with zero attached hydrogens (tertiary/aromatic N) is 1. The average Bonchev–Trinajstić information content (AvgIpc) is 3.05. The van der Waals surface area contributed by atoms with Gasteiger partial charge in [-0.2, -0.15) is 0 Å². The fourth-order valence-corrected chi connectivity index (χ4v) is 6.95. The van der Waals surface area contributed by atoms with Crippen molar-refractivity contribution >= 4 is 27.1 Å². The highest BCUT2D eigenvalue weighted by Gasteiger charge is 2.33. The van der Waals surface area contributed by atoms with E-state index in [0.29, 0.717) is 31.8 Å². The van der Waals surface area contributed by atoms with Gasteiger partial charge in [0.1, 0.15) is 0 Å². The first-order chi connectivity index (χ1) is 11.6. The molecular weight excluding hydrogens is 342 g/mol. The highest BCUT2D eigenvalue weighted by atomic mass is 32.2. The Balaban J connectivity index is 1.57. The maximum absolute atomic E-state index is 12.5. The second-order valence-corrected chi connectivity index (χ2v) is 10.4. The summed E-state index contributed by atoms with van der Waals surface area (Å²) in [5.74, 6) is 0.921. The van der Waals surface area contributed by atoms with Gasteiger partial charge >= 0.3 is 0 Å². The second-order valence-electron chi connectivity index (χ2n) is 7.08. The predicted octanol–water partition coefficient (Wildman–Crippen LogP) is 3.80. The fraction of sp³-hybridized carbons (Fsp3) is 0.722. The number of hydrogen-bond donors (Lipinski definition) is 0. The van der Waals surface area contributed by atoms with Crippen LogP contribution in [0.5, 0.6) is 0 Å². The molecule has 1 aliphatic heterocycles. The van der Waals surface area contributed by atoms with E-state index < -0.39 is 15.1 Å². The zero-order chi connectivity index (χ0) is 17.0. The Bertz CT molecular complexity index is 633. The lowest BCUT2D eigenvalue weighted by molar-refractivity contribution is -0.131. The highest BCUT2D eigenvalue weighted by Crippen LogP contribution is 2.33. The molecule has 1 atom stereocenters. The summed E-state index contributed by atoms with van der Waals surface area (Å²) in [6, 6.07) is 3.79. The molecule has 0 radical (unpaired) electrons. The lowest BCUT2D eigenvalue weighted by Crippen LogP contribution is -2.33. The van der Waals surface area contributed by atoms with Gasteiger partial charge in [0.2, 0.25) is 5.91 Å². The van der Waals surface area contributed by atoms with Crippen LogP contribution in [0.25, 0.3) is 0 Å². The number of rotatable bonds is 4. The molecule has 0 aromatic carbocycles. The highest BCUT2D eigenvalue weighted by molar-refractivity contribution is 7.91. The minimum Gasteiger partial charge on any atom is -0.342 e. The predicted molar refractivity (Wildman–Crippen MR) is 97.9 cm³/mol. The maximum Gasteiger partial charge on any atom is 0.222 e. The Kier molecular flexibility index (Phi) is 5.98. The molecule has 1 saturated carbocycles. The largest absolute Gasteiger partial charge is 0.342 e. The molecule has 1 unspecified atom stereocenters. The summed E-state index contributed by atoms with van der Waals surface area (Å²) in [4.78, 5) is 15.2. The zero-order valence-corrected chi connectivity index (χ0v) is 15.8. The molecule has 6 heteroatoms. The summed E-state index contributed by atoms with van der Waals surface area (Å²) in [6.07, 6.45) is 8.50. The number of hydrogen-bond acceptors (Lipinski definition) is 4. The lowest BCUT2D eigenvalue weighted by atomic mass is 9.86. The second kappa shape index (κ2) is 8.00. The molecule has 1 aromatic rings. The van der Waals surface area contributed by atoms with Gasteiger partial charge in [-0.15, -0.1) is 11.3 Å². The van der Waals surface area contributed by atoms with Gasteiger partial charge in [0.15, 0.2) is 9.84 Å². The van der Waals surface area contributed by atoms with Crippen LogP contribution in [0.15, 0.2) is 17.5 Å². The normalized spacial score (nSPS) is 25.3. The van der Waals surface area contributed by atoms with E-state index in [4.69, 9.17) is 0 Å². The van der Waals surface area contributed by atoms with Crippen molar-refractivity contribution in [3.8, 4) is 0 Å². The van der Waals surface area contributed by atoms with Gasteiger partial charge < -0.3 is 4.90 Å². The molecule has 1 aliphatic carbocycles. The molecule has 24 heavy (non-hydrogen) atoms. The third kappa shape index (κ3) is 4.39. The molecule has 3 rings (SSSR count). The fourth-order valence-electron chi connectivity index (χ4n) is 3.95. The van der Waals surface area contributed by atoms with Crippen LogP contribution in [0.3, 0.4) is 0 Å². The Hall–Kier alpha value is -0.880. The molecule has 0 bridgehead atoms. The van der Waals surface area contributed by atoms with Crippen LogP contribution >= 0.6 is 11.3 Å². The smallest absolute Gasteiger partial charge is 0.222 e. The van der Waals surface area contributed by atoms with Gasteiger partial charge in [-0.3, -0.25) is 4.79 Å². The summed E-state index contributed by atoms with van der Waals surface area (Å²) >= 11 is 1.50. The van der Waals surface area contributed by atoms with Crippen LogP contribution in [0.1, 0.15) is 61.5 Å². The van der Waals surface area contributed by atoms with Crippen molar-refractivity contribution in [3.05, 3.63) is 22.4 Å². The quantitative estimate of drug-likeness (QED) is 0.811. The summed E-state index contributed by atoms with van der Waals surface area (Å²) in [7, 11) is -3.17. The van der Waals surface area contributed by atoms with Crippen molar-refractivity contribution in [3.63, 3.8) is 0 Å². The van der Waals surface area contributed by atoms with E-state index in [1.807, 2.05) is 17.5 Å². The van der Waals surface area contributed by atoms with Crippen LogP contribution in [-0.4, -0.2) is 38.1 Å². The van der Waals surface area contributed by atoms with Gasteiger partial charge in [0.25, 0.3) is 0 Å². The van der Waals surface area contributed by atoms with Gasteiger partial charge in [-0.25, -0.2) is 8.42 Å². The SMILES string of the molecule is O=C(CCC1CCCCC1)N1CCC(c2cccs2)S(=O)(=O)CC1. The van der Waals surface area contributed by atoms with Gasteiger partial charge in [-0.1, -0.05) is 38.2 Å². The third-order valence-electron chi connectivity index (χ3n) is 5.44. The molecule has 134 valence electrons. The van der Waals surface area contributed by atoms with Crippen molar-refractivity contribution < 1.29 is 13.2 Å². The molecule has 1 saturated heterocycles. The Morgan fingerprint density at radius 2 is 1.96 bits per heavy atom. The van der Waals surface area contributed by atoms with Gasteiger partial charge in [0, 0.05) is 24.4 Å². The van der Waals surface area contributed by atoms with Crippen molar-refractivity contribution in [2.45, 2.75) is 56.6 Å². The van der Waals surface area contributed by atoms with Gasteiger partial charge in [-0.05, 0) is 30.2 Å². The molecule has 1 aromatic heterocycles. The molecule has 2 aliphatic rings. The molecular formula is C18H27NO3S2. The number of amides is 1. The van der Waals surface area contributed by atoms with E-state index in [1.54, 1.807) is 4.90 Å². The van der Waals surface area contributed by atoms with Gasteiger partial charge in [0.05, 0.1) is 11.0 Å². The third-order valence-corrected chi connectivity index (χ3v) is 8.69. The van der Waals surface area contributed by atoms with Crippen molar-refractivity contribution in [1.29, 1.82) is 0 Å². The van der Waals surface area contributed by atoms with E-state index >= 15 is 0 Å². The topological polar surface area (TPSA) is 54.5 Å². The van der Waals surface area contributed by atoms with Crippen LogP contribution in [0.2, 0.25) is 0 Å². The monoisotopic (exact) mass is 369 g/mol. The number of sulfone groups is 1. The number of carbonyl (C=O) groups excluding carboxylic acids is 1. The Morgan fingerprint density at radius 1 is 1.17 bits per heavy atom. The van der Waals surface area contributed by atoms with Crippen LogP contribution < -0.4 is 0 Å². The van der Waals surface area contributed by atoms with Crippen molar-refractivity contribution in [2.75, 3.05) is 18.8 Å². The zero-order valence-electron chi connectivity index (χ0n) is 14.2. The number of carbonyl (C=O) groups is 1. The van der Waals surface area contributed by atoms with E-state index in [9.17, 15) is 13.2 Å². The first-order valence-corrected chi connectivity index (χ1v) is 11.7. The van der Waals surface area contributed by atoms with Crippen molar-refractivity contribution in [1.82, 2.24) is 4.90 Å². The maximum atomic E-state index is 12.5.